The Balaban J connectivity index is 1.62. The highest BCUT2D eigenvalue weighted by molar-refractivity contribution is 14.1. The third-order valence-corrected chi connectivity index (χ3v) is 4.98. The van der Waals surface area contributed by atoms with E-state index < -0.39 is 0 Å². The molecule has 0 aliphatic carbocycles. The van der Waals surface area contributed by atoms with E-state index in [1.807, 2.05) is 48.5 Å². The number of hydrogen-bond acceptors (Lipinski definition) is 6. The second-order valence-corrected chi connectivity index (χ2v) is 6.98. The summed E-state index contributed by atoms with van der Waals surface area (Å²) in [6, 6.07) is 15.0. The number of hydrogen-bond donors (Lipinski definition) is 1. The van der Waals surface area contributed by atoms with E-state index in [1.54, 1.807) is 7.11 Å². The number of ether oxygens (including phenoxy) is 1. The summed E-state index contributed by atoms with van der Waals surface area (Å²) in [5.74, 6) is 1.06. The molecule has 6 nitrogen and oxygen atoms in total. The molecular weight excluding hydrogens is 453 g/mol. The Morgan fingerprint density at radius 3 is 2.76 bits per heavy atom. The van der Waals surface area contributed by atoms with E-state index in [2.05, 4.69) is 38.1 Å². The molecule has 8 heteroatoms. The van der Waals surface area contributed by atoms with Gasteiger partial charge in [0.25, 0.3) is 11.1 Å². The smallest absolute Gasteiger partial charge is 0.277 e. The number of methoxy groups -OCH3 is 1. The van der Waals surface area contributed by atoms with Crippen LogP contribution in [0.4, 0.5) is 5.69 Å². The molecule has 3 aromatic rings. The van der Waals surface area contributed by atoms with Gasteiger partial charge >= 0.3 is 0 Å². The Bertz CT molecular complexity index is 885. The fourth-order valence-corrected chi connectivity index (χ4v) is 3.16. The molecule has 0 aliphatic heterocycles. The van der Waals surface area contributed by atoms with Crippen molar-refractivity contribution in [1.29, 1.82) is 0 Å². The van der Waals surface area contributed by atoms with Crippen LogP contribution in [0.25, 0.3) is 11.5 Å². The van der Waals surface area contributed by atoms with E-state index in [-0.39, 0.29) is 11.7 Å². The first kappa shape index (κ1) is 17.7. The lowest BCUT2D eigenvalue weighted by Gasteiger charge is -2.05. The van der Waals surface area contributed by atoms with E-state index in [9.17, 15) is 4.79 Å². The number of para-hydroxylation sites is 2. The molecule has 1 aromatic heterocycles. The van der Waals surface area contributed by atoms with Gasteiger partial charge in [0.05, 0.1) is 24.1 Å². The van der Waals surface area contributed by atoms with Gasteiger partial charge in [0.15, 0.2) is 0 Å². The van der Waals surface area contributed by atoms with Gasteiger partial charge in [0.1, 0.15) is 5.75 Å². The van der Waals surface area contributed by atoms with Crippen LogP contribution in [-0.2, 0) is 4.79 Å². The second kappa shape index (κ2) is 8.34. The van der Waals surface area contributed by atoms with E-state index >= 15 is 0 Å². The van der Waals surface area contributed by atoms with Crippen LogP contribution in [0.3, 0.4) is 0 Å². The minimum absolute atomic E-state index is 0.133. The minimum Gasteiger partial charge on any atom is -0.496 e. The monoisotopic (exact) mass is 467 g/mol. The van der Waals surface area contributed by atoms with Gasteiger partial charge in [0.2, 0.25) is 5.91 Å². The number of amides is 1. The summed E-state index contributed by atoms with van der Waals surface area (Å²) in [7, 11) is 1.58. The molecule has 0 bridgehead atoms. The van der Waals surface area contributed by atoms with Crippen molar-refractivity contribution in [3.8, 4) is 17.2 Å². The van der Waals surface area contributed by atoms with Gasteiger partial charge in [-0.15, -0.1) is 10.2 Å². The number of anilines is 1. The third kappa shape index (κ3) is 4.51. The lowest BCUT2D eigenvalue weighted by Crippen LogP contribution is -2.14. The molecule has 0 saturated heterocycles. The highest BCUT2D eigenvalue weighted by Crippen LogP contribution is 2.30. The largest absolute Gasteiger partial charge is 0.496 e. The van der Waals surface area contributed by atoms with Gasteiger partial charge in [0, 0.05) is 3.57 Å². The van der Waals surface area contributed by atoms with Crippen molar-refractivity contribution < 1.29 is 13.9 Å². The van der Waals surface area contributed by atoms with Crippen molar-refractivity contribution in [3.63, 3.8) is 0 Å². The molecular formula is C17H14IN3O3S. The Morgan fingerprint density at radius 1 is 1.20 bits per heavy atom. The Morgan fingerprint density at radius 2 is 1.96 bits per heavy atom. The fraction of sp³-hybridized carbons (Fsp3) is 0.118. The van der Waals surface area contributed by atoms with Gasteiger partial charge in [-0.25, -0.2) is 0 Å². The summed E-state index contributed by atoms with van der Waals surface area (Å²) in [5.41, 5.74) is 1.50. The summed E-state index contributed by atoms with van der Waals surface area (Å²) < 4.78 is 11.9. The van der Waals surface area contributed by atoms with E-state index in [1.165, 1.54) is 11.8 Å². The highest BCUT2D eigenvalue weighted by Gasteiger charge is 2.14. The van der Waals surface area contributed by atoms with Crippen LogP contribution in [0.15, 0.2) is 58.2 Å². The maximum Gasteiger partial charge on any atom is 0.277 e. The third-order valence-electron chi connectivity index (χ3n) is 3.22. The molecule has 0 spiro atoms. The zero-order chi connectivity index (χ0) is 17.6. The number of carbonyl (C=O) groups excluding carboxylic acids is 1. The molecule has 1 N–H and O–H groups in total. The molecule has 3 rings (SSSR count). The summed E-state index contributed by atoms with van der Waals surface area (Å²) in [6.07, 6.45) is 0. The lowest BCUT2D eigenvalue weighted by atomic mass is 10.2. The van der Waals surface area contributed by atoms with Gasteiger partial charge in [-0.1, -0.05) is 36.0 Å². The summed E-state index contributed by atoms with van der Waals surface area (Å²) in [5, 5.41) is 11.2. The van der Waals surface area contributed by atoms with Crippen LogP contribution in [0.5, 0.6) is 5.75 Å². The van der Waals surface area contributed by atoms with Crippen LogP contribution in [0.1, 0.15) is 0 Å². The van der Waals surface area contributed by atoms with Gasteiger partial charge < -0.3 is 14.5 Å². The van der Waals surface area contributed by atoms with Crippen LogP contribution < -0.4 is 10.1 Å². The Hall–Kier alpha value is -2.07. The number of benzene rings is 2. The number of carbonyl (C=O) groups is 1. The quantitative estimate of drug-likeness (QED) is 0.435. The first-order valence-corrected chi connectivity index (χ1v) is 9.38. The standard InChI is InChI=1S/C17H14IN3O3S/c1-23-14-9-5-2-6-11(14)16-20-21-17(24-16)25-10-15(22)19-13-8-4-3-7-12(13)18/h2-9H,10H2,1H3,(H,19,22). The number of thioether (sulfide) groups is 1. The Labute approximate surface area is 162 Å². The average molecular weight is 467 g/mol. The highest BCUT2D eigenvalue weighted by atomic mass is 127. The maximum absolute atomic E-state index is 12.1. The molecule has 25 heavy (non-hydrogen) atoms. The normalized spacial score (nSPS) is 10.5. The predicted octanol–water partition coefficient (Wildman–Crippen LogP) is 4.08. The van der Waals surface area contributed by atoms with Crippen LogP contribution >= 0.6 is 34.4 Å². The zero-order valence-electron chi connectivity index (χ0n) is 13.2. The van der Waals surface area contributed by atoms with E-state index in [0.29, 0.717) is 22.4 Å². The van der Waals surface area contributed by atoms with Crippen LogP contribution in [0.2, 0.25) is 0 Å². The molecule has 0 fully saturated rings. The molecule has 1 heterocycles. The average Bonchev–Trinajstić information content (AvgIpc) is 3.11. The summed E-state index contributed by atoms with van der Waals surface area (Å²) in [6.45, 7) is 0. The van der Waals surface area contributed by atoms with Crippen molar-refractivity contribution in [2.45, 2.75) is 5.22 Å². The predicted molar refractivity (Wildman–Crippen MR) is 105 cm³/mol. The molecule has 0 aliphatic rings. The van der Waals surface area contributed by atoms with Crippen LogP contribution in [-0.4, -0.2) is 29.0 Å². The van der Waals surface area contributed by atoms with Gasteiger partial charge in [-0.2, -0.15) is 0 Å². The molecule has 0 radical (unpaired) electrons. The number of halogens is 1. The molecule has 0 atom stereocenters. The fourth-order valence-electron chi connectivity index (χ4n) is 2.07. The minimum atomic E-state index is -0.133. The van der Waals surface area contributed by atoms with Crippen molar-refractivity contribution in [3.05, 3.63) is 52.1 Å². The number of rotatable bonds is 6. The Kier molecular flexibility index (Phi) is 5.92. The van der Waals surface area contributed by atoms with Crippen LogP contribution in [0, 0.1) is 3.57 Å². The second-order valence-electron chi connectivity index (χ2n) is 4.89. The van der Waals surface area contributed by atoms with Gasteiger partial charge in [-0.3, -0.25) is 4.79 Å². The molecule has 1 amide bonds. The van der Waals surface area contributed by atoms with E-state index in [4.69, 9.17) is 9.15 Å². The van der Waals surface area contributed by atoms with Crippen molar-refractivity contribution in [2.24, 2.45) is 0 Å². The summed E-state index contributed by atoms with van der Waals surface area (Å²) in [4.78, 5) is 12.1. The van der Waals surface area contributed by atoms with Crippen molar-refractivity contribution >= 4 is 45.9 Å². The van der Waals surface area contributed by atoms with Gasteiger partial charge in [-0.05, 0) is 46.9 Å². The molecule has 2 aromatic carbocycles. The lowest BCUT2D eigenvalue weighted by molar-refractivity contribution is -0.113. The molecule has 0 saturated carbocycles. The number of nitrogens with zero attached hydrogens (tertiary/aromatic N) is 2. The van der Waals surface area contributed by atoms with E-state index in [0.717, 1.165) is 9.26 Å². The SMILES string of the molecule is COc1ccccc1-c1nnc(SCC(=O)Nc2ccccc2I)o1. The zero-order valence-corrected chi connectivity index (χ0v) is 16.2. The van der Waals surface area contributed by atoms with Crippen molar-refractivity contribution in [2.75, 3.05) is 18.2 Å². The molecule has 0 unspecified atom stereocenters. The topological polar surface area (TPSA) is 77.2 Å². The van der Waals surface area contributed by atoms with Crippen molar-refractivity contribution in [1.82, 2.24) is 10.2 Å². The first-order valence-electron chi connectivity index (χ1n) is 7.31. The number of nitrogens with one attached hydrogen (secondary N) is 1. The first-order chi connectivity index (χ1) is 12.2. The number of aromatic nitrogens is 2. The molecule has 128 valence electrons. The summed E-state index contributed by atoms with van der Waals surface area (Å²) >= 11 is 3.36. The maximum atomic E-state index is 12.1.